The van der Waals surface area contributed by atoms with Crippen molar-refractivity contribution in [3.05, 3.63) is 102 Å². The molecule has 0 fully saturated rings. The first-order valence-electron chi connectivity index (χ1n) is 10.7. The molecule has 0 bridgehead atoms. The fourth-order valence-corrected chi connectivity index (χ4v) is 5.25. The summed E-state index contributed by atoms with van der Waals surface area (Å²) in [7, 11) is -3.96. The topological polar surface area (TPSA) is 111 Å². The number of hydrogen-bond acceptors (Lipinski definition) is 4. The van der Waals surface area contributed by atoms with Gasteiger partial charge in [-0.05, 0) is 36.8 Å². The predicted molar refractivity (Wildman–Crippen MR) is 127 cm³/mol. The van der Waals surface area contributed by atoms with Crippen LogP contribution in [0.25, 0.3) is 10.9 Å². The number of aromatic amines is 1. The van der Waals surface area contributed by atoms with Gasteiger partial charge in [0.1, 0.15) is 6.04 Å². The van der Waals surface area contributed by atoms with Crippen LogP contribution >= 0.6 is 0 Å². The first-order valence-corrected chi connectivity index (χ1v) is 12.2. The first kappa shape index (κ1) is 21.9. The number of H-pyrrole nitrogens is 1. The van der Waals surface area contributed by atoms with E-state index in [1.807, 2.05) is 42.6 Å². The monoisotopic (exact) mass is 474 g/mol. The van der Waals surface area contributed by atoms with Crippen LogP contribution in [0.2, 0.25) is 0 Å². The lowest BCUT2D eigenvalue weighted by Gasteiger charge is -2.30. The number of rotatable bonds is 6. The Kier molecular flexibility index (Phi) is 5.43. The van der Waals surface area contributed by atoms with Crippen molar-refractivity contribution in [1.82, 2.24) is 20.1 Å². The SMILES string of the molecule is C[C@@H](C(=O)NNS(=O)(=O)c1ccccc1)N1C(=O)c2ccccc2[C@H]1c1c[nH]c2ccccc12. The molecular weight excluding hydrogens is 452 g/mol. The number of carbonyl (C=O) groups excluding carboxylic acids is 2. The molecule has 1 aromatic heterocycles. The fourth-order valence-electron chi connectivity index (χ4n) is 4.38. The van der Waals surface area contributed by atoms with Crippen LogP contribution < -0.4 is 10.3 Å². The van der Waals surface area contributed by atoms with Crippen molar-refractivity contribution < 1.29 is 18.0 Å². The molecule has 1 aliphatic heterocycles. The minimum atomic E-state index is -3.96. The van der Waals surface area contributed by atoms with E-state index in [4.69, 9.17) is 0 Å². The van der Waals surface area contributed by atoms with E-state index in [-0.39, 0.29) is 10.8 Å². The molecule has 0 spiro atoms. The number of hydrazine groups is 1. The van der Waals surface area contributed by atoms with E-state index < -0.39 is 28.0 Å². The number of nitrogens with zero attached hydrogens (tertiary/aromatic N) is 1. The molecule has 5 rings (SSSR count). The average molecular weight is 475 g/mol. The quantitative estimate of drug-likeness (QED) is 0.373. The molecule has 172 valence electrons. The van der Waals surface area contributed by atoms with Crippen molar-refractivity contribution >= 4 is 32.7 Å². The Balaban J connectivity index is 1.46. The molecule has 34 heavy (non-hydrogen) atoms. The van der Waals surface area contributed by atoms with Crippen LogP contribution in [0.5, 0.6) is 0 Å². The summed E-state index contributed by atoms with van der Waals surface area (Å²) < 4.78 is 25.0. The highest BCUT2D eigenvalue weighted by Crippen LogP contribution is 2.42. The van der Waals surface area contributed by atoms with Gasteiger partial charge in [-0.2, -0.15) is 0 Å². The molecule has 0 unspecified atom stereocenters. The lowest BCUT2D eigenvalue weighted by molar-refractivity contribution is -0.126. The molecule has 9 heteroatoms. The van der Waals surface area contributed by atoms with E-state index >= 15 is 0 Å². The molecule has 0 saturated heterocycles. The molecule has 2 amide bonds. The van der Waals surface area contributed by atoms with Gasteiger partial charge in [-0.3, -0.25) is 15.0 Å². The van der Waals surface area contributed by atoms with E-state index in [9.17, 15) is 18.0 Å². The number of amides is 2. The van der Waals surface area contributed by atoms with E-state index in [1.54, 1.807) is 37.3 Å². The van der Waals surface area contributed by atoms with Crippen molar-refractivity contribution in [3.63, 3.8) is 0 Å². The molecular formula is C25H22N4O4S. The Morgan fingerprint density at radius 2 is 1.62 bits per heavy atom. The lowest BCUT2D eigenvalue weighted by atomic mass is 9.97. The van der Waals surface area contributed by atoms with Gasteiger partial charge in [0.05, 0.1) is 10.9 Å². The van der Waals surface area contributed by atoms with E-state index in [1.165, 1.54) is 17.0 Å². The summed E-state index contributed by atoms with van der Waals surface area (Å²) in [6, 6.07) is 21.2. The minimum absolute atomic E-state index is 0.0178. The molecule has 0 radical (unpaired) electrons. The highest BCUT2D eigenvalue weighted by atomic mass is 32.2. The standard InChI is InChI=1S/C25H22N4O4S/c1-16(24(30)27-28-34(32,33)17-9-3-2-4-10-17)29-23(19-12-5-6-13-20(19)25(29)31)21-15-26-22-14-8-7-11-18(21)22/h2-16,23,26,28H,1H3,(H,27,30)/t16-,23-/m0/s1. The molecule has 4 aromatic rings. The van der Waals surface area contributed by atoms with Crippen LogP contribution in [-0.4, -0.2) is 36.2 Å². The van der Waals surface area contributed by atoms with Gasteiger partial charge in [0.15, 0.2) is 0 Å². The molecule has 3 N–H and O–H groups in total. The molecule has 2 atom stereocenters. The Morgan fingerprint density at radius 1 is 0.941 bits per heavy atom. The maximum Gasteiger partial charge on any atom is 0.257 e. The summed E-state index contributed by atoms with van der Waals surface area (Å²) in [6.45, 7) is 1.58. The van der Waals surface area contributed by atoms with Gasteiger partial charge in [-0.1, -0.05) is 54.6 Å². The number of carbonyl (C=O) groups is 2. The summed E-state index contributed by atoms with van der Waals surface area (Å²) in [5.41, 5.74) is 5.36. The Morgan fingerprint density at radius 3 is 2.41 bits per heavy atom. The van der Waals surface area contributed by atoms with Crippen LogP contribution in [-0.2, 0) is 14.8 Å². The number of nitrogens with one attached hydrogen (secondary N) is 3. The smallest absolute Gasteiger partial charge is 0.257 e. The van der Waals surface area contributed by atoms with E-state index in [0.29, 0.717) is 5.56 Å². The normalized spacial score (nSPS) is 16.4. The van der Waals surface area contributed by atoms with Gasteiger partial charge in [0.2, 0.25) is 0 Å². The summed E-state index contributed by atoms with van der Waals surface area (Å²) in [6.07, 6.45) is 1.85. The van der Waals surface area contributed by atoms with Gasteiger partial charge in [0, 0.05) is 28.2 Å². The van der Waals surface area contributed by atoms with Gasteiger partial charge in [-0.15, -0.1) is 4.83 Å². The van der Waals surface area contributed by atoms with Gasteiger partial charge < -0.3 is 9.88 Å². The van der Waals surface area contributed by atoms with Gasteiger partial charge in [0.25, 0.3) is 21.8 Å². The second-order valence-electron chi connectivity index (χ2n) is 8.08. The highest BCUT2D eigenvalue weighted by Gasteiger charge is 2.43. The third-order valence-corrected chi connectivity index (χ3v) is 7.34. The fraction of sp³-hybridized carbons (Fsp3) is 0.120. The van der Waals surface area contributed by atoms with Crippen molar-refractivity contribution in [2.75, 3.05) is 0 Å². The van der Waals surface area contributed by atoms with Crippen LogP contribution in [0, 0.1) is 0 Å². The number of fused-ring (bicyclic) bond motifs is 2. The third kappa shape index (κ3) is 3.64. The number of sulfonamides is 1. The number of para-hydroxylation sites is 1. The number of hydrogen-bond donors (Lipinski definition) is 3. The average Bonchev–Trinajstić information content (AvgIpc) is 3.41. The van der Waals surface area contributed by atoms with Gasteiger partial charge in [-0.25, -0.2) is 8.42 Å². The molecule has 0 saturated carbocycles. The molecule has 2 heterocycles. The van der Waals surface area contributed by atoms with Crippen molar-refractivity contribution in [1.29, 1.82) is 0 Å². The molecule has 1 aliphatic rings. The third-order valence-electron chi connectivity index (χ3n) is 6.07. The maximum absolute atomic E-state index is 13.4. The molecule has 0 aliphatic carbocycles. The number of aromatic nitrogens is 1. The van der Waals surface area contributed by atoms with Crippen molar-refractivity contribution in [2.45, 2.75) is 23.9 Å². The Hall–Kier alpha value is -3.95. The van der Waals surface area contributed by atoms with Crippen molar-refractivity contribution in [3.8, 4) is 0 Å². The van der Waals surface area contributed by atoms with E-state index in [2.05, 4.69) is 15.2 Å². The zero-order valence-electron chi connectivity index (χ0n) is 18.2. The van der Waals surface area contributed by atoms with E-state index in [0.717, 1.165) is 22.0 Å². The minimum Gasteiger partial charge on any atom is -0.361 e. The summed E-state index contributed by atoms with van der Waals surface area (Å²) >= 11 is 0. The second kappa shape index (κ2) is 8.44. The first-order chi connectivity index (χ1) is 16.4. The van der Waals surface area contributed by atoms with Crippen LogP contribution in [0.4, 0.5) is 0 Å². The lowest BCUT2D eigenvalue weighted by Crippen LogP contribution is -2.52. The second-order valence-corrected chi connectivity index (χ2v) is 9.76. The summed E-state index contributed by atoms with van der Waals surface area (Å²) in [5, 5.41) is 0.944. The molecule has 8 nitrogen and oxygen atoms in total. The molecule has 3 aromatic carbocycles. The van der Waals surface area contributed by atoms with Crippen LogP contribution in [0.3, 0.4) is 0 Å². The van der Waals surface area contributed by atoms with Gasteiger partial charge >= 0.3 is 0 Å². The summed E-state index contributed by atoms with van der Waals surface area (Å²) in [5.74, 6) is -0.940. The zero-order valence-corrected chi connectivity index (χ0v) is 19.0. The number of benzene rings is 3. The van der Waals surface area contributed by atoms with Crippen LogP contribution in [0.1, 0.15) is 34.5 Å². The summed E-state index contributed by atoms with van der Waals surface area (Å²) in [4.78, 5) is 33.3. The Labute approximate surface area is 196 Å². The van der Waals surface area contributed by atoms with Crippen molar-refractivity contribution in [2.24, 2.45) is 0 Å². The highest BCUT2D eigenvalue weighted by molar-refractivity contribution is 7.89. The zero-order chi connectivity index (χ0) is 23.9. The maximum atomic E-state index is 13.4. The van der Waals surface area contributed by atoms with Crippen LogP contribution in [0.15, 0.2) is 90.0 Å². The predicted octanol–water partition coefficient (Wildman–Crippen LogP) is 3.11. The largest absolute Gasteiger partial charge is 0.361 e. The Bertz CT molecular complexity index is 1500.